The topological polar surface area (TPSA) is 91.8 Å². The number of nitrogens with one attached hydrogen (secondary N) is 1. The maximum atomic E-state index is 12.6. The molecular formula is C18H14N4OS. The molecule has 0 aliphatic carbocycles. The zero-order chi connectivity index (χ0) is 17.1. The molecule has 0 radical (unpaired) electrons. The van der Waals surface area contributed by atoms with Gasteiger partial charge < -0.3 is 11.1 Å². The molecule has 0 atom stereocenters. The fraction of sp³-hybridized carbons (Fsp3) is 0.0556. The Morgan fingerprint density at radius 3 is 2.46 bits per heavy atom. The zero-order valence-corrected chi connectivity index (χ0v) is 13.7. The first-order valence-electron chi connectivity index (χ1n) is 7.21. The standard InChI is InChI=1S/C18H14N4OS/c1-11-2-8-14(9-3-11)21-18-22-17(20)16(24-18)15(23)13-6-4-12(10-19)5-7-13/h2-9H,20H2,1H3,(H,21,22). The summed E-state index contributed by atoms with van der Waals surface area (Å²) in [5, 5.41) is 12.5. The van der Waals surface area contributed by atoms with Crippen molar-refractivity contribution in [2.24, 2.45) is 0 Å². The Hall–Kier alpha value is -3.17. The summed E-state index contributed by atoms with van der Waals surface area (Å²) in [6.07, 6.45) is 0. The second-order valence-corrected chi connectivity index (χ2v) is 6.24. The molecule has 3 aromatic rings. The Bertz CT molecular complexity index is 921. The first-order chi connectivity index (χ1) is 11.6. The van der Waals surface area contributed by atoms with Crippen LogP contribution in [0, 0.1) is 18.3 Å². The molecule has 1 aromatic heterocycles. The second kappa shape index (κ2) is 6.52. The molecule has 3 N–H and O–H groups in total. The van der Waals surface area contributed by atoms with E-state index in [0.717, 1.165) is 11.3 Å². The summed E-state index contributed by atoms with van der Waals surface area (Å²) in [7, 11) is 0. The molecule has 5 nitrogen and oxygen atoms in total. The van der Waals surface area contributed by atoms with Gasteiger partial charge in [-0.1, -0.05) is 29.0 Å². The molecule has 3 rings (SSSR count). The quantitative estimate of drug-likeness (QED) is 0.706. The third-order valence-corrected chi connectivity index (χ3v) is 4.42. The van der Waals surface area contributed by atoms with Crippen LogP contribution >= 0.6 is 11.3 Å². The number of carbonyl (C=O) groups is 1. The van der Waals surface area contributed by atoms with E-state index < -0.39 is 0 Å². The van der Waals surface area contributed by atoms with Crippen molar-refractivity contribution in [2.45, 2.75) is 6.92 Å². The van der Waals surface area contributed by atoms with E-state index in [0.29, 0.717) is 21.1 Å². The number of hydrogen-bond donors (Lipinski definition) is 2. The maximum absolute atomic E-state index is 12.6. The Balaban J connectivity index is 1.83. The Morgan fingerprint density at radius 2 is 1.83 bits per heavy atom. The number of nitrogens with two attached hydrogens (primary N) is 1. The van der Waals surface area contributed by atoms with Crippen LogP contribution in [0.25, 0.3) is 0 Å². The van der Waals surface area contributed by atoms with E-state index in [-0.39, 0.29) is 11.6 Å². The van der Waals surface area contributed by atoms with Crippen molar-refractivity contribution < 1.29 is 4.79 Å². The number of ketones is 1. The van der Waals surface area contributed by atoms with Crippen LogP contribution in [0.1, 0.15) is 26.4 Å². The number of nitrogens with zero attached hydrogens (tertiary/aromatic N) is 2. The highest BCUT2D eigenvalue weighted by molar-refractivity contribution is 7.18. The number of nitrogen functional groups attached to an aromatic ring is 1. The van der Waals surface area contributed by atoms with E-state index in [2.05, 4.69) is 10.3 Å². The van der Waals surface area contributed by atoms with E-state index in [4.69, 9.17) is 11.0 Å². The lowest BCUT2D eigenvalue weighted by molar-refractivity contribution is 0.104. The SMILES string of the molecule is Cc1ccc(Nc2nc(N)c(C(=O)c3ccc(C#N)cc3)s2)cc1. The predicted octanol–water partition coefficient (Wildman–Crippen LogP) is 3.88. The molecule has 0 amide bonds. The van der Waals surface area contributed by atoms with Crippen LogP contribution in [0.2, 0.25) is 0 Å². The van der Waals surface area contributed by atoms with Crippen LogP contribution in [0.15, 0.2) is 48.5 Å². The van der Waals surface area contributed by atoms with E-state index in [9.17, 15) is 4.79 Å². The molecule has 24 heavy (non-hydrogen) atoms. The summed E-state index contributed by atoms with van der Waals surface area (Å²) in [6.45, 7) is 2.01. The highest BCUT2D eigenvalue weighted by Crippen LogP contribution is 2.29. The zero-order valence-electron chi connectivity index (χ0n) is 12.9. The van der Waals surface area contributed by atoms with E-state index >= 15 is 0 Å². The number of nitriles is 1. The molecule has 2 aromatic carbocycles. The molecule has 0 fully saturated rings. The number of aryl methyl sites for hydroxylation is 1. The summed E-state index contributed by atoms with van der Waals surface area (Å²) in [6, 6.07) is 16.3. The average Bonchev–Trinajstić information content (AvgIpc) is 2.96. The molecule has 0 aliphatic rings. The van der Waals surface area contributed by atoms with Crippen molar-refractivity contribution in [1.82, 2.24) is 4.98 Å². The van der Waals surface area contributed by atoms with E-state index in [1.807, 2.05) is 37.3 Å². The minimum Gasteiger partial charge on any atom is -0.382 e. The van der Waals surface area contributed by atoms with Crippen molar-refractivity contribution in [3.8, 4) is 6.07 Å². The minimum atomic E-state index is -0.202. The number of hydrogen-bond acceptors (Lipinski definition) is 6. The van der Waals surface area contributed by atoms with Crippen molar-refractivity contribution in [1.29, 1.82) is 5.26 Å². The number of benzene rings is 2. The number of rotatable bonds is 4. The lowest BCUT2D eigenvalue weighted by Crippen LogP contribution is -2.02. The molecular weight excluding hydrogens is 320 g/mol. The van der Waals surface area contributed by atoms with Gasteiger partial charge in [-0.3, -0.25) is 4.79 Å². The summed E-state index contributed by atoms with van der Waals surface area (Å²) in [5.41, 5.74) is 8.93. The number of anilines is 3. The van der Waals surface area contributed by atoms with E-state index in [1.54, 1.807) is 24.3 Å². The van der Waals surface area contributed by atoms with Crippen LogP contribution in [0.4, 0.5) is 16.6 Å². The molecule has 0 saturated carbocycles. The third-order valence-electron chi connectivity index (χ3n) is 3.44. The van der Waals surface area contributed by atoms with Gasteiger partial charge in [0.05, 0.1) is 11.6 Å². The monoisotopic (exact) mass is 334 g/mol. The molecule has 0 spiro atoms. The largest absolute Gasteiger partial charge is 0.382 e. The number of thiazole rings is 1. The Kier molecular flexibility index (Phi) is 4.27. The lowest BCUT2D eigenvalue weighted by Gasteiger charge is -2.02. The normalized spacial score (nSPS) is 10.2. The molecule has 0 aliphatic heterocycles. The first-order valence-corrected chi connectivity index (χ1v) is 8.03. The van der Waals surface area contributed by atoms with Gasteiger partial charge in [-0.05, 0) is 43.3 Å². The number of carbonyl (C=O) groups excluding carboxylic acids is 1. The third kappa shape index (κ3) is 3.26. The van der Waals surface area contributed by atoms with Gasteiger partial charge in [0.15, 0.2) is 5.13 Å². The summed E-state index contributed by atoms with van der Waals surface area (Å²) in [5.74, 6) is -0.00424. The van der Waals surface area contributed by atoms with Crippen molar-refractivity contribution in [3.63, 3.8) is 0 Å². The van der Waals surface area contributed by atoms with Gasteiger partial charge in [0, 0.05) is 11.3 Å². The molecule has 118 valence electrons. The lowest BCUT2D eigenvalue weighted by atomic mass is 10.1. The number of aromatic nitrogens is 1. The fourth-order valence-corrected chi connectivity index (χ4v) is 3.00. The Labute approximate surface area is 143 Å². The van der Waals surface area contributed by atoms with Crippen LogP contribution in [0.5, 0.6) is 0 Å². The van der Waals surface area contributed by atoms with Gasteiger partial charge in [-0.15, -0.1) is 0 Å². The van der Waals surface area contributed by atoms with Crippen molar-refractivity contribution in [3.05, 3.63) is 70.1 Å². The van der Waals surface area contributed by atoms with Gasteiger partial charge in [0.1, 0.15) is 10.7 Å². The average molecular weight is 334 g/mol. The second-order valence-electron chi connectivity index (χ2n) is 5.24. The highest BCUT2D eigenvalue weighted by atomic mass is 32.1. The fourth-order valence-electron chi connectivity index (χ4n) is 2.14. The van der Waals surface area contributed by atoms with Crippen LogP contribution in [-0.4, -0.2) is 10.8 Å². The molecule has 0 saturated heterocycles. The van der Waals surface area contributed by atoms with Gasteiger partial charge in [0.25, 0.3) is 0 Å². The molecule has 0 bridgehead atoms. The van der Waals surface area contributed by atoms with Gasteiger partial charge >= 0.3 is 0 Å². The molecule has 6 heteroatoms. The van der Waals surface area contributed by atoms with Gasteiger partial charge in [0.2, 0.25) is 5.78 Å². The summed E-state index contributed by atoms with van der Waals surface area (Å²) in [4.78, 5) is 17.2. The van der Waals surface area contributed by atoms with Crippen molar-refractivity contribution >= 4 is 33.8 Å². The Morgan fingerprint density at radius 1 is 1.17 bits per heavy atom. The molecule has 0 unspecified atom stereocenters. The van der Waals surface area contributed by atoms with E-state index in [1.165, 1.54) is 11.3 Å². The molecule has 1 heterocycles. The first kappa shape index (κ1) is 15.7. The van der Waals surface area contributed by atoms with Gasteiger partial charge in [-0.25, -0.2) is 4.98 Å². The summed E-state index contributed by atoms with van der Waals surface area (Å²) >= 11 is 1.21. The highest BCUT2D eigenvalue weighted by Gasteiger charge is 2.18. The minimum absolute atomic E-state index is 0.198. The van der Waals surface area contributed by atoms with Crippen LogP contribution in [-0.2, 0) is 0 Å². The smallest absolute Gasteiger partial charge is 0.206 e. The van der Waals surface area contributed by atoms with Crippen molar-refractivity contribution in [2.75, 3.05) is 11.1 Å². The summed E-state index contributed by atoms with van der Waals surface area (Å²) < 4.78 is 0. The van der Waals surface area contributed by atoms with Gasteiger partial charge in [-0.2, -0.15) is 5.26 Å². The predicted molar refractivity (Wildman–Crippen MR) is 95.6 cm³/mol. The maximum Gasteiger partial charge on any atom is 0.206 e. The van der Waals surface area contributed by atoms with Crippen LogP contribution < -0.4 is 11.1 Å². The van der Waals surface area contributed by atoms with Crippen LogP contribution in [0.3, 0.4) is 0 Å².